The van der Waals surface area contributed by atoms with E-state index in [4.69, 9.17) is 14.8 Å². The van der Waals surface area contributed by atoms with Crippen LogP contribution in [0.4, 0.5) is 0 Å². The summed E-state index contributed by atoms with van der Waals surface area (Å²) in [6.07, 6.45) is 4.00. The predicted octanol–water partition coefficient (Wildman–Crippen LogP) is 12.0. The molecule has 5 nitrogen and oxygen atoms in total. The molecule has 0 aliphatic rings. The van der Waals surface area contributed by atoms with E-state index in [1.54, 1.807) is 0 Å². The predicted molar refractivity (Wildman–Crippen MR) is 211 cm³/mol. The van der Waals surface area contributed by atoms with Crippen molar-refractivity contribution in [1.29, 1.82) is 0 Å². The standard InChI is InChI=1S/C46H48N4O.Pd/c1-11-14-33-19-20-47-43(23-33)49-41-16-13-12-15-39(41)40-18-17-37(27-42(40)49)51-38-25-34(28(2)3)24-36(26-38)50-32(7)45(31(6)48-50)44-29(4)21-35(22-30(44)5)46(8,9)10;/h12-13,15-25,28H,11,14H2,1-10H3;/q-2;+2. The summed E-state index contributed by atoms with van der Waals surface area (Å²) in [6, 6.07) is 33.0. The number of ether oxygens (including phenoxy) is 1. The second kappa shape index (κ2) is 14.5. The van der Waals surface area contributed by atoms with Gasteiger partial charge in [0.05, 0.1) is 5.69 Å². The van der Waals surface area contributed by atoms with Crippen molar-refractivity contribution in [2.24, 2.45) is 0 Å². The molecule has 0 atom stereocenters. The Kier molecular flexibility index (Phi) is 10.4. The zero-order valence-electron chi connectivity index (χ0n) is 32.0. The van der Waals surface area contributed by atoms with Crippen LogP contribution in [0.25, 0.3) is 44.4 Å². The van der Waals surface area contributed by atoms with Gasteiger partial charge in [-0.1, -0.05) is 83.8 Å². The molecule has 0 amide bonds. The molecular formula is C46H48N4OPd. The maximum atomic E-state index is 6.65. The fourth-order valence-electron chi connectivity index (χ4n) is 7.40. The Hall–Kier alpha value is -4.50. The molecule has 0 bridgehead atoms. The van der Waals surface area contributed by atoms with Gasteiger partial charge in [-0.25, -0.2) is 4.98 Å². The minimum Gasteiger partial charge on any atom is -0.509 e. The molecule has 0 aliphatic carbocycles. The Bertz CT molecular complexity index is 2400. The van der Waals surface area contributed by atoms with Gasteiger partial charge in [-0.15, -0.1) is 41.3 Å². The number of aryl methyl sites for hydroxylation is 4. The smallest absolute Gasteiger partial charge is 0.509 e. The first-order valence-corrected chi connectivity index (χ1v) is 18.2. The molecule has 6 heteroatoms. The van der Waals surface area contributed by atoms with Crippen molar-refractivity contribution in [3.63, 3.8) is 0 Å². The van der Waals surface area contributed by atoms with Crippen molar-refractivity contribution in [2.75, 3.05) is 0 Å². The van der Waals surface area contributed by atoms with E-state index in [1.807, 2.05) is 16.9 Å². The Balaban J connectivity index is 0.00000464. The van der Waals surface area contributed by atoms with Crippen molar-refractivity contribution in [3.05, 3.63) is 130 Å². The fraction of sp³-hybridized carbons (Fsp3) is 0.304. The fourth-order valence-corrected chi connectivity index (χ4v) is 7.40. The molecule has 0 unspecified atom stereocenters. The second-order valence-electron chi connectivity index (χ2n) is 15.3. The maximum absolute atomic E-state index is 6.65. The van der Waals surface area contributed by atoms with Crippen molar-refractivity contribution < 1.29 is 25.2 Å². The topological polar surface area (TPSA) is 44.9 Å². The van der Waals surface area contributed by atoms with Gasteiger partial charge in [0.1, 0.15) is 5.82 Å². The summed E-state index contributed by atoms with van der Waals surface area (Å²) in [5, 5.41) is 7.37. The Morgan fingerprint density at radius 2 is 1.54 bits per heavy atom. The minimum absolute atomic E-state index is 0. The SMILES string of the molecule is CCCc1ccnc(-n2c3[c-]c(Oc4[c-]c(-n5nc(C)c(-c6c(C)cc(C(C)(C)C)cc6C)c5C)cc(C(C)C)c4)ccc3c3ccccc32)c1.[Pd+2]. The van der Waals surface area contributed by atoms with E-state index in [2.05, 4.69) is 153 Å². The quantitative estimate of drug-likeness (QED) is 0.114. The maximum Gasteiger partial charge on any atom is 2.00 e. The molecule has 0 aliphatic heterocycles. The van der Waals surface area contributed by atoms with Crippen LogP contribution in [-0.2, 0) is 32.3 Å². The summed E-state index contributed by atoms with van der Waals surface area (Å²) in [7, 11) is 0. The van der Waals surface area contributed by atoms with Crippen molar-refractivity contribution >= 4 is 21.8 Å². The molecule has 0 N–H and O–H groups in total. The Labute approximate surface area is 322 Å². The van der Waals surface area contributed by atoms with E-state index in [9.17, 15) is 0 Å². The summed E-state index contributed by atoms with van der Waals surface area (Å²) in [6.45, 7) is 22.1. The third-order valence-electron chi connectivity index (χ3n) is 10.0. The van der Waals surface area contributed by atoms with Gasteiger partial charge in [-0.2, -0.15) is 11.2 Å². The number of hydrogen-bond acceptors (Lipinski definition) is 3. The number of hydrogen-bond donors (Lipinski definition) is 0. The number of nitrogens with zero attached hydrogens (tertiary/aromatic N) is 4. The van der Waals surface area contributed by atoms with Crippen LogP contribution in [-0.4, -0.2) is 19.3 Å². The second-order valence-corrected chi connectivity index (χ2v) is 15.3. The molecule has 0 radical (unpaired) electrons. The number of rotatable bonds is 8. The van der Waals surface area contributed by atoms with Gasteiger partial charge in [0.2, 0.25) is 0 Å². The molecule has 7 rings (SSSR count). The number of fused-ring (bicyclic) bond motifs is 3. The van der Waals surface area contributed by atoms with Crippen molar-refractivity contribution in [1.82, 2.24) is 19.3 Å². The summed E-state index contributed by atoms with van der Waals surface area (Å²) < 4.78 is 10.9. The van der Waals surface area contributed by atoms with Crippen molar-refractivity contribution in [2.45, 2.75) is 93.4 Å². The van der Waals surface area contributed by atoms with Crippen LogP contribution in [0, 0.1) is 39.8 Å². The zero-order chi connectivity index (χ0) is 36.2. The molecule has 0 saturated heterocycles. The molecule has 4 aromatic carbocycles. The average molecular weight is 779 g/mol. The zero-order valence-corrected chi connectivity index (χ0v) is 33.6. The molecule has 3 heterocycles. The number of pyridine rings is 1. The summed E-state index contributed by atoms with van der Waals surface area (Å²) in [5.74, 6) is 2.42. The summed E-state index contributed by atoms with van der Waals surface area (Å²) >= 11 is 0. The van der Waals surface area contributed by atoms with Crippen LogP contribution in [0.3, 0.4) is 0 Å². The third-order valence-corrected chi connectivity index (χ3v) is 10.0. The van der Waals surface area contributed by atoms with Crippen LogP contribution >= 0.6 is 0 Å². The van der Waals surface area contributed by atoms with Gasteiger partial charge in [0, 0.05) is 34.5 Å². The van der Waals surface area contributed by atoms with Gasteiger partial charge in [-0.05, 0) is 103 Å². The van der Waals surface area contributed by atoms with Gasteiger partial charge >= 0.3 is 20.4 Å². The first-order chi connectivity index (χ1) is 24.3. The van der Waals surface area contributed by atoms with Crippen LogP contribution in [0.1, 0.15) is 93.1 Å². The van der Waals surface area contributed by atoms with Gasteiger partial charge in [0.15, 0.2) is 0 Å². The first-order valence-electron chi connectivity index (χ1n) is 18.2. The summed E-state index contributed by atoms with van der Waals surface area (Å²) in [5.41, 5.74) is 13.8. The third kappa shape index (κ3) is 6.87. The van der Waals surface area contributed by atoms with E-state index < -0.39 is 0 Å². The van der Waals surface area contributed by atoms with Crippen molar-refractivity contribution in [3.8, 4) is 34.1 Å². The molecule has 268 valence electrons. The van der Waals surface area contributed by atoms with Crippen LogP contribution in [0.2, 0.25) is 0 Å². The molecule has 0 fully saturated rings. The van der Waals surface area contributed by atoms with E-state index >= 15 is 0 Å². The van der Waals surface area contributed by atoms with Crippen LogP contribution in [0.15, 0.2) is 79.0 Å². The number of aromatic nitrogens is 4. The Morgan fingerprint density at radius 3 is 2.23 bits per heavy atom. The first kappa shape index (κ1) is 37.3. The molecule has 0 spiro atoms. The molecule has 0 saturated carbocycles. The van der Waals surface area contributed by atoms with E-state index in [1.165, 1.54) is 33.4 Å². The number of para-hydroxylation sites is 1. The molecule has 52 heavy (non-hydrogen) atoms. The minimum atomic E-state index is 0. The monoisotopic (exact) mass is 778 g/mol. The Morgan fingerprint density at radius 1 is 0.808 bits per heavy atom. The normalized spacial score (nSPS) is 11.8. The van der Waals surface area contributed by atoms with Crippen LogP contribution in [0.5, 0.6) is 11.5 Å². The van der Waals surface area contributed by atoms with Gasteiger partial charge in [-0.3, -0.25) is 4.68 Å². The average Bonchev–Trinajstić information content (AvgIpc) is 3.57. The molecule has 3 aromatic heterocycles. The van der Waals surface area contributed by atoms with E-state index in [0.29, 0.717) is 11.5 Å². The largest absolute Gasteiger partial charge is 2.00 e. The van der Waals surface area contributed by atoms with E-state index in [0.717, 1.165) is 63.1 Å². The van der Waals surface area contributed by atoms with Gasteiger partial charge < -0.3 is 9.30 Å². The van der Waals surface area contributed by atoms with Gasteiger partial charge in [0.25, 0.3) is 0 Å². The molecule has 7 aromatic rings. The number of benzene rings is 4. The van der Waals surface area contributed by atoms with E-state index in [-0.39, 0.29) is 31.8 Å². The summed E-state index contributed by atoms with van der Waals surface area (Å²) in [4.78, 5) is 4.81. The molecular weight excluding hydrogens is 731 g/mol. The van der Waals surface area contributed by atoms with Crippen LogP contribution < -0.4 is 4.74 Å².